The van der Waals surface area contributed by atoms with Gasteiger partial charge in [-0.1, -0.05) is 0 Å². The van der Waals surface area contributed by atoms with Crippen molar-refractivity contribution in [2.45, 2.75) is 12.8 Å². The molecule has 0 saturated carbocycles. The number of rotatable bonds is 3. The molecule has 0 aliphatic carbocycles. The zero-order valence-corrected chi connectivity index (χ0v) is 10.3. The summed E-state index contributed by atoms with van der Waals surface area (Å²) >= 11 is 1.37. The first-order valence-electron chi connectivity index (χ1n) is 4.09. The van der Waals surface area contributed by atoms with Gasteiger partial charge in [-0.05, 0) is 28.7 Å². The van der Waals surface area contributed by atoms with Crippen molar-refractivity contribution in [1.82, 2.24) is 4.98 Å². The monoisotopic (exact) mass is 383 g/mol. The molecular formula is C8H3F5INO3. The molecule has 1 heterocycles. The van der Waals surface area contributed by atoms with E-state index in [1.165, 1.54) is 22.6 Å². The van der Waals surface area contributed by atoms with Gasteiger partial charge in [0.05, 0.1) is 0 Å². The van der Waals surface area contributed by atoms with Crippen molar-refractivity contribution in [3.05, 3.63) is 20.9 Å². The minimum atomic E-state index is -5.22. The summed E-state index contributed by atoms with van der Waals surface area (Å²) in [5.74, 6) is -3.38. The Morgan fingerprint density at radius 1 is 1.44 bits per heavy atom. The summed E-state index contributed by atoms with van der Waals surface area (Å²) in [6.45, 7) is 0. The van der Waals surface area contributed by atoms with Gasteiger partial charge in [-0.2, -0.15) is 0 Å². The number of alkyl halides is 5. The Morgan fingerprint density at radius 3 is 2.39 bits per heavy atom. The fourth-order valence-electron chi connectivity index (χ4n) is 1.08. The SMILES string of the molecule is O=C(O)c1c(C(F)F)cc(I)nc1OC(F)(F)F. The topological polar surface area (TPSA) is 59.4 Å². The van der Waals surface area contributed by atoms with Gasteiger partial charge in [-0.25, -0.2) is 18.6 Å². The van der Waals surface area contributed by atoms with Gasteiger partial charge in [0.2, 0.25) is 5.88 Å². The molecule has 0 bridgehead atoms. The van der Waals surface area contributed by atoms with Crippen LogP contribution < -0.4 is 4.74 Å². The third-order valence-electron chi connectivity index (χ3n) is 1.65. The third-order valence-corrected chi connectivity index (χ3v) is 2.20. The van der Waals surface area contributed by atoms with Gasteiger partial charge >= 0.3 is 12.3 Å². The Balaban J connectivity index is 3.44. The molecule has 0 atom stereocenters. The van der Waals surface area contributed by atoms with Gasteiger partial charge < -0.3 is 9.84 Å². The van der Waals surface area contributed by atoms with Crippen LogP contribution in [-0.4, -0.2) is 22.4 Å². The summed E-state index contributed by atoms with van der Waals surface area (Å²) < 4.78 is 64.2. The number of aromatic carboxylic acids is 1. The summed E-state index contributed by atoms with van der Waals surface area (Å²) in [7, 11) is 0. The molecule has 1 rings (SSSR count). The van der Waals surface area contributed by atoms with Crippen molar-refractivity contribution in [3.63, 3.8) is 0 Å². The highest BCUT2D eigenvalue weighted by atomic mass is 127. The maximum absolute atomic E-state index is 12.5. The predicted molar refractivity (Wildman–Crippen MR) is 55.6 cm³/mol. The molecule has 1 aromatic rings. The lowest BCUT2D eigenvalue weighted by Crippen LogP contribution is -2.21. The summed E-state index contributed by atoms with van der Waals surface area (Å²) in [6.07, 6.45) is -8.48. The Kier molecular flexibility index (Phi) is 4.29. The standard InChI is InChI=1S/C8H3F5INO3/c9-5(10)2-1-3(14)15-6(4(2)7(16)17)18-8(11,12)13/h1,5H,(H,16,17). The van der Waals surface area contributed by atoms with E-state index in [9.17, 15) is 26.7 Å². The molecule has 0 aromatic carbocycles. The first-order chi connectivity index (χ1) is 8.11. The van der Waals surface area contributed by atoms with E-state index < -0.39 is 35.8 Å². The summed E-state index contributed by atoms with van der Waals surface area (Å²) in [5.41, 5.74) is -2.39. The second-order valence-corrected chi connectivity index (χ2v) is 3.97. The van der Waals surface area contributed by atoms with Crippen LogP contribution in [0.1, 0.15) is 22.3 Å². The van der Waals surface area contributed by atoms with Gasteiger partial charge in [0.25, 0.3) is 6.43 Å². The third kappa shape index (κ3) is 3.65. The number of hydrogen-bond donors (Lipinski definition) is 1. The number of carboxylic acid groups (broad SMARTS) is 1. The lowest BCUT2D eigenvalue weighted by atomic mass is 10.1. The van der Waals surface area contributed by atoms with E-state index in [0.29, 0.717) is 6.07 Å². The maximum Gasteiger partial charge on any atom is 0.574 e. The second kappa shape index (κ2) is 5.20. The minimum Gasteiger partial charge on any atom is -0.477 e. The van der Waals surface area contributed by atoms with Gasteiger partial charge in [-0.15, -0.1) is 13.2 Å². The number of pyridine rings is 1. The van der Waals surface area contributed by atoms with Crippen molar-refractivity contribution in [3.8, 4) is 5.88 Å². The van der Waals surface area contributed by atoms with Gasteiger partial charge in [0.1, 0.15) is 9.26 Å². The first kappa shape index (κ1) is 14.9. The quantitative estimate of drug-likeness (QED) is 0.495. The van der Waals surface area contributed by atoms with E-state index >= 15 is 0 Å². The molecule has 0 saturated heterocycles. The van der Waals surface area contributed by atoms with Gasteiger partial charge in [0.15, 0.2) is 0 Å². The molecule has 0 fully saturated rings. The van der Waals surface area contributed by atoms with Crippen LogP contribution in [0.5, 0.6) is 5.88 Å². The highest BCUT2D eigenvalue weighted by molar-refractivity contribution is 14.1. The lowest BCUT2D eigenvalue weighted by Gasteiger charge is -2.13. The molecule has 0 amide bonds. The summed E-state index contributed by atoms with van der Waals surface area (Å²) in [5, 5.41) is 8.66. The van der Waals surface area contributed by atoms with E-state index in [1.807, 2.05) is 0 Å². The second-order valence-electron chi connectivity index (χ2n) is 2.87. The van der Waals surface area contributed by atoms with Crippen LogP contribution in [0.2, 0.25) is 0 Å². The molecule has 0 spiro atoms. The maximum atomic E-state index is 12.5. The molecule has 1 N–H and O–H groups in total. The van der Waals surface area contributed by atoms with Crippen molar-refractivity contribution in [2.75, 3.05) is 0 Å². The fourth-order valence-corrected chi connectivity index (χ4v) is 1.63. The molecule has 4 nitrogen and oxygen atoms in total. The molecule has 0 radical (unpaired) electrons. The van der Waals surface area contributed by atoms with E-state index in [0.717, 1.165) is 0 Å². The Hall–Kier alpha value is -1.20. The van der Waals surface area contributed by atoms with Gasteiger partial charge in [0, 0.05) is 5.56 Å². The molecule has 0 aliphatic rings. The molecule has 10 heteroatoms. The molecular weight excluding hydrogens is 380 g/mol. The van der Waals surface area contributed by atoms with Crippen molar-refractivity contribution >= 4 is 28.6 Å². The van der Waals surface area contributed by atoms with Crippen molar-refractivity contribution < 1.29 is 36.6 Å². The van der Waals surface area contributed by atoms with Crippen LogP contribution in [0.15, 0.2) is 6.07 Å². The average Bonchev–Trinajstić information content (AvgIpc) is 2.12. The smallest absolute Gasteiger partial charge is 0.477 e. The molecule has 0 aliphatic heterocycles. The molecule has 1 aromatic heterocycles. The molecule has 18 heavy (non-hydrogen) atoms. The van der Waals surface area contributed by atoms with Crippen LogP contribution in [0.4, 0.5) is 22.0 Å². The Labute approximate surface area is 110 Å². The number of ether oxygens (including phenoxy) is 1. The van der Waals surface area contributed by atoms with E-state index in [-0.39, 0.29) is 3.70 Å². The van der Waals surface area contributed by atoms with Crippen LogP contribution in [-0.2, 0) is 0 Å². The highest BCUT2D eigenvalue weighted by Gasteiger charge is 2.36. The van der Waals surface area contributed by atoms with Crippen molar-refractivity contribution in [2.24, 2.45) is 0 Å². The minimum absolute atomic E-state index is 0.243. The lowest BCUT2D eigenvalue weighted by molar-refractivity contribution is -0.276. The normalized spacial score (nSPS) is 11.7. The first-order valence-corrected chi connectivity index (χ1v) is 5.17. The largest absolute Gasteiger partial charge is 0.574 e. The van der Waals surface area contributed by atoms with Crippen molar-refractivity contribution in [1.29, 1.82) is 0 Å². The van der Waals surface area contributed by atoms with Gasteiger partial charge in [-0.3, -0.25) is 0 Å². The molecule has 100 valence electrons. The number of nitrogens with zero attached hydrogens (tertiary/aromatic N) is 1. The number of halogens is 6. The Bertz CT molecular complexity index is 477. The van der Waals surface area contributed by atoms with Crippen LogP contribution in [0, 0.1) is 3.70 Å². The predicted octanol–water partition coefficient (Wildman–Crippen LogP) is 3.22. The zero-order chi connectivity index (χ0) is 14.1. The Morgan fingerprint density at radius 2 is 2.00 bits per heavy atom. The molecule has 0 unspecified atom stereocenters. The number of carboxylic acids is 1. The highest BCUT2D eigenvalue weighted by Crippen LogP contribution is 2.32. The average molecular weight is 383 g/mol. The number of carbonyl (C=O) groups is 1. The van der Waals surface area contributed by atoms with Crippen LogP contribution in [0.3, 0.4) is 0 Å². The van der Waals surface area contributed by atoms with E-state index in [4.69, 9.17) is 5.11 Å². The number of aromatic nitrogens is 1. The zero-order valence-electron chi connectivity index (χ0n) is 8.13. The van der Waals surface area contributed by atoms with E-state index in [1.54, 1.807) is 0 Å². The van der Waals surface area contributed by atoms with E-state index in [2.05, 4.69) is 9.72 Å². The summed E-state index contributed by atoms with van der Waals surface area (Å²) in [4.78, 5) is 13.9. The van der Waals surface area contributed by atoms with Crippen LogP contribution in [0.25, 0.3) is 0 Å². The fraction of sp³-hybridized carbons (Fsp3) is 0.250. The summed E-state index contributed by atoms with van der Waals surface area (Å²) in [6, 6.07) is 0.678. The number of hydrogen-bond acceptors (Lipinski definition) is 3. The van der Waals surface area contributed by atoms with Crippen LogP contribution >= 0.6 is 22.6 Å².